The van der Waals surface area contributed by atoms with Crippen molar-refractivity contribution >= 4 is 0 Å². The van der Waals surface area contributed by atoms with E-state index in [0.29, 0.717) is 5.92 Å². The first kappa shape index (κ1) is 11.6. The average molecular weight is 224 g/mol. The third-order valence-corrected chi connectivity index (χ3v) is 2.78. The topological polar surface area (TPSA) is 47.3 Å². The molecule has 1 heterocycles. The molecule has 1 N–H and O–H groups in total. The number of hydrogen-bond donors (Lipinski definition) is 1. The van der Waals surface area contributed by atoms with Gasteiger partial charge in [0.2, 0.25) is 0 Å². The highest BCUT2D eigenvalue weighted by molar-refractivity contribution is 5.08. The Labute approximate surface area is 96.4 Å². The van der Waals surface area contributed by atoms with E-state index >= 15 is 0 Å². The Morgan fingerprint density at radius 1 is 1.50 bits per heavy atom. The van der Waals surface area contributed by atoms with E-state index in [2.05, 4.69) is 10.3 Å². The molecule has 0 aromatic carbocycles. The number of nitrogens with one attached hydrogen (secondary N) is 1. The number of aryl methyl sites for hydroxylation is 1. The second kappa shape index (κ2) is 6.01. The fraction of sp³-hybridized carbons (Fsp3) is 0.750. The summed E-state index contributed by atoms with van der Waals surface area (Å²) >= 11 is 0. The summed E-state index contributed by atoms with van der Waals surface area (Å²) in [5, 5.41) is 3.30. The fourth-order valence-electron chi connectivity index (χ4n) is 1.66. The average Bonchev–Trinajstić information content (AvgIpc) is 3.04. The molecule has 0 radical (unpaired) electrons. The minimum atomic E-state index is 0.668. The number of nitrogens with zero attached hydrogens (tertiary/aromatic N) is 1. The summed E-state index contributed by atoms with van der Waals surface area (Å²) in [5.74, 6) is 2.64. The van der Waals surface area contributed by atoms with Crippen molar-refractivity contribution in [2.24, 2.45) is 0 Å². The van der Waals surface area contributed by atoms with E-state index in [9.17, 15) is 0 Å². The molecule has 1 aromatic heterocycles. The van der Waals surface area contributed by atoms with Crippen LogP contribution in [0.1, 0.15) is 36.8 Å². The maximum Gasteiger partial charge on any atom is 0.194 e. The molecule has 0 bridgehead atoms. The van der Waals surface area contributed by atoms with E-state index in [0.717, 1.165) is 44.2 Å². The molecule has 4 nitrogen and oxygen atoms in total. The first-order chi connectivity index (χ1) is 7.90. The molecule has 1 fully saturated rings. The van der Waals surface area contributed by atoms with Crippen LogP contribution in [0.25, 0.3) is 0 Å². The van der Waals surface area contributed by atoms with E-state index in [-0.39, 0.29) is 0 Å². The van der Waals surface area contributed by atoms with Crippen LogP contribution in [0.2, 0.25) is 0 Å². The highest BCUT2D eigenvalue weighted by Crippen LogP contribution is 2.40. The quantitative estimate of drug-likeness (QED) is 0.683. The minimum Gasteiger partial charge on any atom is -0.445 e. The lowest BCUT2D eigenvalue weighted by Gasteiger charge is -2.01. The lowest BCUT2D eigenvalue weighted by Crippen LogP contribution is -2.20. The zero-order chi connectivity index (χ0) is 11.2. The SMILES string of the molecule is COCCNCCCc1ncc(C2CC2)o1. The molecule has 90 valence electrons. The van der Waals surface area contributed by atoms with Crippen LogP contribution in [0.4, 0.5) is 0 Å². The van der Waals surface area contributed by atoms with Crippen molar-refractivity contribution in [2.45, 2.75) is 31.6 Å². The van der Waals surface area contributed by atoms with Gasteiger partial charge < -0.3 is 14.5 Å². The molecule has 2 rings (SSSR count). The van der Waals surface area contributed by atoms with Gasteiger partial charge in [0.15, 0.2) is 5.89 Å². The van der Waals surface area contributed by atoms with Crippen LogP contribution >= 0.6 is 0 Å². The van der Waals surface area contributed by atoms with E-state index in [1.165, 1.54) is 12.8 Å². The molecule has 16 heavy (non-hydrogen) atoms. The lowest BCUT2D eigenvalue weighted by molar-refractivity contribution is 0.199. The molecule has 0 saturated heterocycles. The Morgan fingerprint density at radius 3 is 3.12 bits per heavy atom. The highest BCUT2D eigenvalue weighted by atomic mass is 16.5. The van der Waals surface area contributed by atoms with Crippen molar-refractivity contribution in [1.29, 1.82) is 0 Å². The largest absolute Gasteiger partial charge is 0.445 e. The summed E-state index contributed by atoms with van der Waals surface area (Å²) in [4.78, 5) is 4.29. The van der Waals surface area contributed by atoms with E-state index < -0.39 is 0 Å². The summed E-state index contributed by atoms with van der Waals surface area (Å²) in [5.41, 5.74) is 0. The summed E-state index contributed by atoms with van der Waals surface area (Å²) in [6.45, 7) is 2.67. The van der Waals surface area contributed by atoms with Crippen molar-refractivity contribution in [3.63, 3.8) is 0 Å². The van der Waals surface area contributed by atoms with Crippen molar-refractivity contribution in [3.8, 4) is 0 Å². The Kier molecular flexibility index (Phi) is 4.36. The van der Waals surface area contributed by atoms with Crippen LogP contribution in [0.3, 0.4) is 0 Å². The maximum absolute atomic E-state index is 5.67. The Hall–Kier alpha value is -0.870. The van der Waals surface area contributed by atoms with Gasteiger partial charge in [0.1, 0.15) is 5.76 Å². The second-order valence-corrected chi connectivity index (χ2v) is 4.28. The Morgan fingerprint density at radius 2 is 2.38 bits per heavy atom. The molecule has 1 aromatic rings. The fourth-order valence-corrected chi connectivity index (χ4v) is 1.66. The van der Waals surface area contributed by atoms with E-state index in [4.69, 9.17) is 9.15 Å². The van der Waals surface area contributed by atoms with Gasteiger partial charge in [0, 0.05) is 26.0 Å². The minimum absolute atomic E-state index is 0.668. The number of rotatable bonds is 8. The van der Waals surface area contributed by atoms with Gasteiger partial charge in [-0.2, -0.15) is 0 Å². The molecule has 1 saturated carbocycles. The third kappa shape index (κ3) is 3.61. The molecule has 0 unspecified atom stereocenters. The molecule has 4 heteroatoms. The van der Waals surface area contributed by atoms with Crippen molar-refractivity contribution in [1.82, 2.24) is 10.3 Å². The molecule has 1 aliphatic rings. The van der Waals surface area contributed by atoms with Gasteiger partial charge in [-0.15, -0.1) is 0 Å². The van der Waals surface area contributed by atoms with Gasteiger partial charge in [-0.1, -0.05) is 0 Å². The second-order valence-electron chi connectivity index (χ2n) is 4.28. The lowest BCUT2D eigenvalue weighted by atomic mass is 10.3. The monoisotopic (exact) mass is 224 g/mol. The van der Waals surface area contributed by atoms with Gasteiger partial charge in [0.05, 0.1) is 12.8 Å². The Balaban J connectivity index is 1.57. The third-order valence-electron chi connectivity index (χ3n) is 2.78. The van der Waals surface area contributed by atoms with Crippen LogP contribution in [-0.4, -0.2) is 31.8 Å². The van der Waals surface area contributed by atoms with Crippen molar-refractivity contribution in [2.75, 3.05) is 26.8 Å². The molecule has 0 spiro atoms. The number of methoxy groups -OCH3 is 1. The van der Waals surface area contributed by atoms with Crippen LogP contribution in [0, 0.1) is 0 Å². The van der Waals surface area contributed by atoms with Crippen LogP contribution < -0.4 is 5.32 Å². The number of aromatic nitrogens is 1. The van der Waals surface area contributed by atoms with Gasteiger partial charge in [-0.25, -0.2) is 4.98 Å². The van der Waals surface area contributed by atoms with E-state index in [1.807, 2.05) is 6.20 Å². The maximum atomic E-state index is 5.67. The Bertz CT molecular complexity index is 308. The van der Waals surface area contributed by atoms with Crippen LogP contribution in [0.5, 0.6) is 0 Å². The highest BCUT2D eigenvalue weighted by Gasteiger charge is 2.27. The smallest absolute Gasteiger partial charge is 0.194 e. The van der Waals surface area contributed by atoms with Crippen molar-refractivity contribution < 1.29 is 9.15 Å². The zero-order valence-corrected chi connectivity index (χ0v) is 9.87. The van der Waals surface area contributed by atoms with Crippen LogP contribution in [0.15, 0.2) is 10.6 Å². The molecule has 1 aliphatic carbocycles. The number of hydrogen-bond acceptors (Lipinski definition) is 4. The van der Waals surface area contributed by atoms with Crippen LogP contribution in [-0.2, 0) is 11.2 Å². The summed E-state index contributed by atoms with van der Waals surface area (Å²) < 4.78 is 10.6. The molecular weight excluding hydrogens is 204 g/mol. The molecule has 0 amide bonds. The van der Waals surface area contributed by atoms with Gasteiger partial charge in [0.25, 0.3) is 0 Å². The predicted molar refractivity (Wildman–Crippen MR) is 61.5 cm³/mol. The van der Waals surface area contributed by atoms with Gasteiger partial charge in [-0.3, -0.25) is 0 Å². The number of ether oxygens (including phenoxy) is 1. The molecule has 0 atom stereocenters. The standard InChI is InChI=1S/C12H20N2O2/c1-15-8-7-13-6-2-3-12-14-9-11(16-12)10-4-5-10/h9-10,13H,2-8H2,1H3. The van der Waals surface area contributed by atoms with Gasteiger partial charge >= 0.3 is 0 Å². The number of oxazole rings is 1. The first-order valence-electron chi connectivity index (χ1n) is 6.04. The predicted octanol–water partition coefficient (Wildman–Crippen LogP) is 1.72. The van der Waals surface area contributed by atoms with Gasteiger partial charge in [-0.05, 0) is 25.8 Å². The molecular formula is C12H20N2O2. The first-order valence-corrected chi connectivity index (χ1v) is 6.04. The normalized spacial score (nSPS) is 15.6. The van der Waals surface area contributed by atoms with E-state index in [1.54, 1.807) is 7.11 Å². The summed E-state index contributed by atoms with van der Waals surface area (Å²) in [6.07, 6.45) is 6.42. The summed E-state index contributed by atoms with van der Waals surface area (Å²) in [6, 6.07) is 0. The zero-order valence-electron chi connectivity index (χ0n) is 9.87. The summed E-state index contributed by atoms with van der Waals surface area (Å²) in [7, 11) is 1.72. The van der Waals surface area contributed by atoms with Crippen molar-refractivity contribution in [3.05, 3.63) is 17.8 Å². The molecule has 0 aliphatic heterocycles.